The number of nitrogens with zero attached hydrogens (tertiary/aromatic N) is 3. The molecule has 198 valence electrons. The molecule has 0 radical (unpaired) electrons. The first-order chi connectivity index (χ1) is 17.5. The Balaban J connectivity index is 1.85. The van der Waals surface area contributed by atoms with Gasteiger partial charge in [0.05, 0.1) is 22.3 Å². The molecule has 1 atom stereocenters. The smallest absolute Gasteiger partial charge is 0.290 e. The zero-order chi connectivity index (χ0) is 26.9. The summed E-state index contributed by atoms with van der Waals surface area (Å²) in [4.78, 5) is 23.1. The Morgan fingerprint density at radius 1 is 1.16 bits per heavy atom. The quantitative estimate of drug-likeness (QED) is 0.403. The van der Waals surface area contributed by atoms with Crippen LogP contribution >= 0.6 is 0 Å². The predicted molar refractivity (Wildman–Crippen MR) is 145 cm³/mol. The van der Waals surface area contributed by atoms with Gasteiger partial charge in [0.15, 0.2) is 5.76 Å². The number of hydrogen-bond donors (Lipinski definition) is 2. The standard InChI is InChI=1S/C26H35N5O5Si/c1-15-18(11-17(37(4,5)6)12-20(15)36-21-8-7-19(35-21)23(28)32)22-24(33-2)29-26(30-25(22)34-3)31-10-9-16(13-27)14-31/h7-8,11-12,16H,9-10,13-14,27H2,1-6H3,(H2,28,32). The first kappa shape index (κ1) is 26.5. The number of ether oxygens (including phenoxy) is 3. The molecular weight excluding hydrogens is 490 g/mol. The minimum absolute atomic E-state index is 0.0281. The van der Waals surface area contributed by atoms with E-state index < -0.39 is 14.0 Å². The van der Waals surface area contributed by atoms with E-state index in [9.17, 15) is 4.79 Å². The maximum Gasteiger partial charge on any atom is 0.290 e. The lowest BCUT2D eigenvalue weighted by Gasteiger charge is -2.23. The third kappa shape index (κ3) is 5.42. The third-order valence-electron chi connectivity index (χ3n) is 6.65. The summed E-state index contributed by atoms with van der Waals surface area (Å²) in [7, 11) is 1.37. The summed E-state index contributed by atoms with van der Waals surface area (Å²) < 4.78 is 23.2. The molecule has 0 spiro atoms. The van der Waals surface area contributed by atoms with Crippen molar-refractivity contribution < 1.29 is 23.4 Å². The Morgan fingerprint density at radius 2 is 1.84 bits per heavy atom. The molecule has 10 nitrogen and oxygen atoms in total. The Bertz CT molecular complexity index is 1280. The van der Waals surface area contributed by atoms with Gasteiger partial charge in [-0.2, -0.15) is 9.97 Å². The fourth-order valence-electron chi connectivity index (χ4n) is 4.39. The van der Waals surface area contributed by atoms with Crippen LogP contribution in [-0.4, -0.2) is 57.8 Å². The fraction of sp³-hybridized carbons (Fsp3) is 0.423. The number of benzene rings is 1. The van der Waals surface area contributed by atoms with Gasteiger partial charge in [-0.3, -0.25) is 4.79 Å². The molecule has 0 saturated carbocycles. The van der Waals surface area contributed by atoms with Crippen LogP contribution in [0.4, 0.5) is 5.95 Å². The summed E-state index contributed by atoms with van der Waals surface area (Å²) in [5, 5.41) is 1.14. The van der Waals surface area contributed by atoms with Crippen molar-refractivity contribution in [3.8, 4) is 34.6 Å². The van der Waals surface area contributed by atoms with Crippen LogP contribution in [-0.2, 0) is 0 Å². The summed E-state index contributed by atoms with van der Waals surface area (Å²) in [6, 6.07) is 7.21. The topological polar surface area (TPSA) is 139 Å². The molecule has 1 saturated heterocycles. The van der Waals surface area contributed by atoms with Gasteiger partial charge in [0.2, 0.25) is 17.7 Å². The monoisotopic (exact) mass is 525 g/mol. The molecule has 4 N–H and O–H groups in total. The summed E-state index contributed by atoms with van der Waals surface area (Å²) in [6.07, 6.45) is 0.995. The molecule has 2 aromatic heterocycles. The molecular formula is C26H35N5O5Si. The van der Waals surface area contributed by atoms with Crippen LogP contribution in [0.15, 0.2) is 28.7 Å². The SMILES string of the molecule is COc1nc(N2CCC(CN)C2)nc(OC)c1-c1cc([Si](C)(C)C)cc(Oc2ccc(C(N)=O)o2)c1C. The highest BCUT2D eigenvalue weighted by molar-refractivity contribution is 6.88. The number of anilines is 1. The second kappa shape index (κ2) is 10.4. The van der Waals surface area contributed by atoms with Gasteiger partial charge in [-0.05, 0) is 43.5 Å². The number of primary amides is 1. The Hall–Kier alpha value is -3.57. The van der Waals surface area contributed by atoms with Crippen molar-refractivity contribution in [3.05, 3.63) is 35.6 Å². The van der Waals surface area contributed by atoms with E-state index >= 15 is 0 Å². The predicted octanol–water partition coefficient (Wildman–Crippen LogP) is 3.28. The first-order valence-electron chi connectivity index (χ1n) is 12.2. The first-order valence-corrected chi connectivity index (χ1v) is 15.7. The minimum Gasteiger partial charge on any atom is -0.480 e. The van der Waals surface area contributed by atoms with Gasteiger partial charge in [0.25, 0.3) is 11.9 Å². The van der Waals surface area contributed by atoms with E-state index in [0.717, 1.165) is 35.8 Å². The molecule has 1 unspecified atom stereocenters. The molecule has 3 aromatic rings. The van der Waals surface area contributed by atoms with Crippen molar-refractivity contribution in [2.45, 2.75) is 33.0 Å². The average Bonchev–Trinajstić information content (AvgIpc) is 3.54. The van der Waals surface area contributed by atoms with Crippen LogP contribution in [0.2, 0.25) is 19.6 Å². The molecule has 1 aliphatic rings. The van der Waals surface area contributed by atoms with Gasteiger partial charge in [-0.25, -0.2) is 0 Å². The van der Waals surface area contributed by atoms with E-state index in [1.807, 2.05) is 13.0 Å². The number of furan rings is 1. The van der Waals surface area contributed by atoms with Crippen LogP contribution in [0, 0.1) is 12.8 Å². The Morgan fingerprint density at radius 3 is 2.35 bits per heavy atom. The molecule has 1 aliphatic heterocycles. The zero-order valence-electron chi connectivity index (χ0n) is 22.3. The van der Waals surface area contributed by atoms with Gasteiger partial charge in [0, 0.05) is 24.7 Å². The van der Waals surface area contributed by atoms with E-state index in [4.69, 9.17) is 40.1 Å². The van der Waals surface area contributed by atoms with Crippen LogP contribution in [0.25, 0.3) is 11.1 Å². The largest absolute Gasteiger partial charge is 0.480 e. The zero-order valence-corrected chi connectivity index (χ0v) is 23.3. The van der Waals surface area contributed by atoms with E-state index in [1.54, 1.807) is 20.3 Å². The second-order valence-electron chi connectivity index (χ2n) is 10.2. The van der Waals surface area contributed by atoms with Gasteiger partial charge in [-0.1, -0.05) is 30.9 Å². The number of nitrogens with two attached hydrogens (primary N) is 2. The number of aromatic nitrogens is 2. The number of amides is 1. The summed E-state index contributed by atoms with van der Waals surface area (Å²) in [5.41, 5.74) is 13.5. The third-order valence-corrected chi connectivity index (χ3v) is 8.67. The van der Waals surface area contributed by atoms with Crippen molar-refractivity contribution in [2.75, 3.05) is 38.8 Å². The molecule has 0 bridgehead atoms. The minimum atomic E-state index is -1.81. The highest BCUT2D eigenvalue weighted by Gasteiger charge is 2.29. The number of rotatable bonds is 9. The van der Waals surface area contributed by atoms with E-state index in [2.05, 4.69) is 30.6 Å². The lowest BCUT2D eigenvalue weighted by atomic mass is 10.0. The number of carbonyl (C=O) groups excluding carboxylic acids is 1. The highest BCUT2D eigenvalue weighted by Crippen LogP contribution is 2.42. The van der Waals surface area contributed by atoms with Crippen molar-refractivity contribution >= 4 is 25.1 Å². The molecule has 1 fully saturated rings. The van der Waals surface area contributed by atoms with E-state index in [0.29, 0.717) is 41.5 Å². The molecule has 11 heteroatoms. The van der Waals surface area contributed by atoms with Crippen molar-refractivity contribution in [1.29, 1.82) is 0 Å². The Kier molecular flexibility index (Phi) is 7.46. The summed E-state index contributed by atoms with van der Waals surface area (Å²) >= 11 is 0. The normalized spacial score (nSPS) is 15.6. The summed E-state index contributed by atoms with van der Waals surface area (Å²) in [6.45, 7) is 10.9. The van der Waals surface area contributed by atoms with Gasteiger partial charge in [0.1, 0.15) is 11.3 Å². The molecule has 37 heavy (non-hydrogen) atoms. The van der Waals surface area contributed by atoms with Gasteiger partial charge >= 0.3 is 0 Å². The van der Waals surface area contributed by atoms with E-state index in [-0.39, 0.29) is 11.7 Å². The highest BCUT2D eigenvalue weighted by atomic mass is 28.3. The number of methoxy groups -OCH3 is 2. The maximum atomic E-state index is 11.5. The van der Waals surface area contributed by atoms with Crippen LogP contribution in [0.3, 0.4) is 0 Å². The molecule has 3 heterocycles. The van der Waals surface area contributed by atoms with Crippen LogP contribution in [0.1, 0.15) is 22.5 Å². The lowest BCUT2D eigenvalue weighted by molar-refractivity contribution is 0.0969. The Labute approximate surface area is 217 Å². The van der Waals surface area contributed by atoms with Crippen molar-refractivity contribution in [3.63, 3.8) is 0 Å². The van der Waals surface area contributed by atoms with Crippen LogP contribution < -0.4 is 35.8 Å². The fourth-order valence-corrected chi connectivity index (χ4v) is 5.53. The second-order valence-corrected chi connectivity index (χ2v) is 15.3. The maximum absolute atomic E-state index is 11.5. The number of carbonyl (C=O) groups is 1. The van der Waals surface area contributed by atoms with E-state index in [1.165, 1.54) is 6.07 Å². The van der Waals surface area contributed by atoms with Gasteiger partial charge < -0.3 is 35.0 Å². The average molecular weight is 526 g/mol. The van der Waals surface area contributed by atoms with Gasteiger partial charge in [-0.15, -0.1) is 0 Å². The van der Waals surface area contributed by atoms with Crippen molar-refractivity contribution in [2.24, 2.45) is 17.4 Å². The van der Waals surface area contributed by atoms with Crippen LogP contribution in [0.5, 0.6) is 23.5 Å². The summed E-state index contributed by atoms with van der Waals surface area (Å²) in [5.74, 6) is 1.91. The molecule has 0 aliphatic carbocycles. The molecule has 1 aromatic carbocycles. The lowest BCUT2D eigenvalue weighted by Crippen LogP contribution is -2.37. The number of hydrogen-bond acceptors (Lipinski definition) is 9. The molecule has 1 amide bonds. The van der Waals surface area contributed by atoms with Crippen molar-refractivity contribution in [1.82, 2.24) is 9.97 Å². The molecule has 4 rings (SSSR count).